The predicted molar refractivity (Wildman–Crippen MR) is 84.7 cm³/mol. The Labute approximate surface area is 134 Å². The summed E-state index contributed by atoms with van der Waals surface area (Å²) in [5, 5.41) is 3.36. The molecular weight excluding hydrogens is 325 g/mol. The van der Waals surface area contributed by atoms with Crippen molar-refractivity contribution in [2.75, 3.05) is 5.32 Å². The molecule has 2 aromatic carbocycles. The molecule has 1 N–H and O–H groups in total. The lowest BCUT2D eigenvalue weighted by atomic mass is 10.2. The first kappa shape index (κ1) is 14.6. The van der Waals surface area contributed by atoms with E-state index in [4.69, 9.17) is 11.6 Å². The van der Waals surface area contributed by atoms with Crippen molar-refractivity contribution in [1.29, 1.82) is 0 Å². The number of nitrogens with one attached hydrogen (secondary N) is 1. The SMILES string of the molecule is O=C(Nc1nc(-c2ccc(F)cc2)ns1)c1ccccc1Cl. The van der Waals surface area contributed by atoms with Crippen LogP contribution in [0.3, 0.4) is 0 Å². The van der Waals surface area contributed by atoms with E-state index in [1.54, 1.807) is 36.4 Å². The molecule has 3 aromatic rings. The number of benzene rings is 2. The number of aromatic nitrogens is 2. The van der Waals surface area contributed by atoms with E-state index < -0.39 is 0 Å². The number of hydrogen-bond acceptors (Lipinski definition) is 4. The Bertz CT molecular complexity index is 820. The quantitative estimate of drug-likeness (QED) is 0.779. The van der Waals surface area contributed by atoms with Crippen LogP contribution in [-0.4, -0.2) is 15.3 Å². The molecule has 0 radical (unpaired) electrons. The van der Waals surface area contributed by atoms with E-state index in [0.717, 1.165) is 11.5 Å². The number of halogens is 2. The Morgan fingerprint density at radius 2 is 1.86 bits per heavy atom. The Hall–Kier alpha value is -2.31. The smallest absolute Gasteiger partial charge is 0.258 e. The average molecular weight is 334 g/mol. The van der Waals surface area contributed by atoms with Gasteiger partial charge in [0.25, 0.3) is 5.91 Å². The Balaban J connectivity index is 1.78. The van der Waals surface area contributed by atoms with Gasteiger partial charge in [-0.1, -0.05) is 23.7 Å². The molecule has 0 aliphatic carbocycles. The lowest BCUT2D eigenvalue weighted by Crippen LogP contribution is -2.12. The van der Waals surface area contributed by atoms with Crippen molar-refractivity contribution >= 4 is 34.2 Å². The van der Waals surface area contributed by atoms with Crippen LogP contribution in [0.1, 0.15) is 10.4 Å². The second kappa shape index (κ2) is 6.21. The van der Waals surface area contributed by atoms with Gasteiger partial charge in [-0.2, -0.15) is 9.36 Å². The summed E-state index contributed by atoms with van der Waals surface area (Å²) in [5.74, 6) is -0.252. The number of carbonyl (C=O) groups excluding carboxylic acids is 1. The number of carbonyl (C=O) groups is 1. The van der Waals surface area contributed by atoms with Gasteiger partial charge in [-0.05, 0) is 36.4 Å². The summed E-state index contributed by atoms with van der Waals surface area (Å²) in [4.78, 5) is 16.3. The molecule has 7 heteroatoms. The van der Waals surface area contributed by atoms with Gasteiger partial charge in [-0.15, -0.1) is 0 Å². The van der Waals surface area contributed by atoms with Crippen molar-refractivity contribution in [3.8, 4) is 11.4 Å². The normalized spacial score (nSPS) is 10.5. The zero-order chi connectivity index (χ0) is 15.5. The van der Waals surface area contributed by atoms with Crippen LogP contribution < -0.4 is 5.32 Å². The molecule has 1 aromatic heterocycles. The molecule has 4 nitrogen and oxygen atoms in total. The average Bonchev–Trinajstić information content (AvgIpc) is 2.97. The molecule has 1 amide bonds. The third-order valence-electron chi connectivity index (χ3n) is 2.87. The van der Waals surface area contributed by atoms with Gasteiger partial charge in [0.15, 0.2) is 5.82 Å². The molecule has 0 unspecified atom stereocenters. The Kier molecular flexibility index (Phi) is 4.13. The fraction of sp³-hybridized carbons (Fsp3) is 0. The van der Waals surface area contributed by atoms with Crippen LogP contribution in [-0.2, 0) is 0 Å². The molecule has 22 heavy (non-hydrogen) atoms. The van der Waals surface area contributed by atoms with E-state index in [1.807, 2.05) is 0 Å². The maximum absolute atomic E-state index is 12.9. The summed E-state index contributed by atoms with van der Waals surface area (Å²) in [6.45, 7) is 0. The minimum Gasteiger partial charge on any atom is -0.297 e. The van der Waals surface area contributed by atoms with Gasteiger partial charge in [-0.25, -0.2) is 4.39 Å². The van der Waals surface area contributed by atoms with E-state index in [1.165, 1.54) is 12.1 Å². The largest absolute Gasteiger partial charge is 0.297 e. The first-order chi connectivity index (χ1) is 10.6. The van der Waals surface area contributed by atoms with Crippen molar-refractivity contribution < 1.29 is 9.18 Å². The van der Waals surface area contributed by atoms with Gasteiger partial charge in [0.1, 0.15) is 5.82 Å². The third kappa shape index (κ3) is 3.13. The lowest BCUT2D eigenvalue weighted by Gasteiger charge is -2.02. The van der Waals surface area contributed by atoms with Gasteiger partial charge in [-0.3, -0.25) is 10.1 Å². The maximum Gasteiger partial charge on any atom is 0.258 e. The van der Waals surface area contributed by atoms with Gasteiger partial charge in [0, 0.05) is 17.1 Å². The fourth-order valence-corrected chi connectivity index (χ4v) is 2.61. The summed E-state index contributed by atoms with van der Waals surface area (Å²) < 4.78 is 17.0. The molecule has 0 aliphatic heterocycles. The maximum atomic E-state index is 12.9. The van der Waals surface area contributed by atoms with Gasteiger partial charge >= 0.3 is 0 Å². The topological polar surface area (TPSA) is 54.9 Å². The summed E-state index contributed by atoms with van der Waals surface area (Å²) in [6, 6.07) is 12.6. The lowest BCUT2D eigenvalue weighted by molar-refractivity contribution is 0.102. The number of amides is 1. The molecule has 0 bridgehead atoms. The number of anilines is 1. The summed E-state index contributed by atoms with van der Waals surface area (Å²) in [7, 11) is 0. The third-order valence-corrected chi connectivity index (χ3v) is 3.83. The molecule has 0 saturated carbocycles. The molecule has 3 rings (SSSR count). The highest BCUT2D eigenvalue weighted by Gasteiger charge is 2.13. The monoisotopic (exact) mass is 333 g/mol. The minimum absolute atomic E-state index is 0.328. The summed E-state index contributed by atoms with van der Waals surface area (Å²) >= 11 is 7.02. The van der Waals surface area contributed by atoms with E-state index in [-0.39, 0.29) is 11.7 Å². The second-order valence-corrected chi connectivity index (χ2v) is 5.52. The first-order valence-corrected chi connectivity index (χ1v) is 7.44. The van der Waals surface area contributed by atoms with Crippen molar-refractivity contribution in [1.82, 2.24) is 9.36 Å². The van der Waals surface area contributed by atoms with Crippen LogP contribution in [0.15, 0.2) is 48.5 Å². The summed E-state index contributed by atoms with van der Waals surface area (Å²) in [5.41, 5.74) is 1.04. The number of nitrogens with zero attached hydrogens (tertiary/aromatic N) is 2. The molecule has 0 saturated heterocycles. The zero-order valence-corrected chi connectivity index (χ0v) is 12.7. The minimum atomic E-state index is -0.354. The van der Waals surface area contributed by atoms with Crippen molar-refractivity contribution in [2.24, 2.45) is 0 Å². The van der Waals surface area contributed by atoms with E-state index in [2.05, 4.69) is 14.7 Å². The number of rotatable bonds is 3. The molecule has 0 fully saturated rings. The zero-order valence-electron chi connectivity index (χ0n) is 11.1. The van der Waals surface area contributed by atoms with Crippen molar-refractivity contribution in [3.05, 3.63) is 64.9 Å². The second-order valence-electron chi connectivity index (χ2n) is 4.36. The standard InChI is InChI=1S/C15H9ClFN3OS/c16-12-4-2-1-3-11(12)14(21)19-15-18-13(20-22-15)9-5-7-10(17)8-6-9/h1-8H,(H,18,19,20,21). The van der Waals surface area contributed by atoms with Gasteiger partial charge in [0.05, 0.1) is 10.6 Å². The Morgan fingerprint density at radius 1 is 1.14 bits per heavy atom. The van der Waals surface area contributed by atoms with Gasteiger partial charge in [0.2, 0.25) is 5.13 Å². The van der Waals surface area contributed by atoms with Crippen LogP contribution in [0.25, 0.3) is 11.4 Å². The van der Waals surface area contributed by atoms with E-state index in [9.17, 15) is 9.18 Å². The van der Waals surface area contributed by atoms with Crippen LogP contribution in [0, 0.1) is 5.82 Å². The van der Waals surface area contributed by atoms with Crippen LogP contribution in [0.2, 0.25) is 5.02 Å². The molecule has 0 spiro atoms. The molecule has 0 atom stereocenters. The van der Waals surface area contributed by atoms with Crippen LogP contribution in [0.4, 0.5) is 9.52 Å². The molecule has 1 heterocycles. The van der Waals surface area contributed by atoms with Crippen molar-refractivity contribution in [3.63, 3.8) is 0 Å². The highest BCUT2D eigenvalue weighted by atomic mass is 35.5. The first-order valence-electron chi connectivity index (χ1n) is 6.29. The van der Waals surface area contributed by atoms with Crippen LogP contribution in [0.5, 0.6) is 0 Å². The van der Waals surface area contributed by atoms with E-state index >= 15 is 0 Å². The molecule has 110 valence electrons. The fourth-order valence-electron chi connectivity index (χ4n) is 1.80. The highest BCUT2D eigenvalue weighted by molar-refractivity contribution is 7.10. The summed E-state index contributed by atoms with van der Waals surface area (Å²) in [6.07, 6.45) is 0. The number of hydrogen-bond donors (Lipinski definition) is 1. The predicted octanol–water partition coefficient (Wildman–Crippen LogP) is 4.25. The highest BCUT2D eigenvalue weighted by Crippen LogP contribution is 2.23. The Morgan fingerprint density at radius 3 is 2.59 bits per heavy atom. The van der Waals surface area contributed by atoms with Crippen LogP contribution >= 0.6 is 23.1 Å². The molecule has 0 aliphatic rings. The molecular formula is C15H9ClFN3OS. The van der Waals surface area contributed by atoms with E-state index in [0.29, 0.717) is 27.1 Å². The van der Waals surface area contributed by atoms with Gasteiger partial charge < -0.3 is 0 Å². The van der Waals surface area contributed by atoms with Crippen molar-refractivity contribution in [2.45, 2.75) is 0 Å².